The van der Waals surface area contributed by atoms with Crippen molar-refractivity contribution < 1.29 is 18.0 Å². The second-order valence-corrected chi connectivity index (χ2v) is 7.87. The van der Waals surface area contributed by atoms with Gasteiger partial charge < -0.3 is 10.6 Å². The van der Waals surface area contributed by atoms with E-state index in [1.165, 1.54) is 12.1 Å². The topological polar surface area (TPSA) is 44.4 Å². The van der Waals surface area contributed by atoms with Gasteiger partial charge in [-0.3, -0.25) is 9.69 Å². The van der Waals surface area contributed by atoms with E-state index >= 15 is 0 Å². The number of likely N-dealkylation sites (N-methyl/N-ethyl adjacent to an activating group) is 1. The van der Waals surface area contributed by atoms with E-state index in [-0.39, 0.29) is 30.1 Å². The predicted octanol–water partition coefficient (Wildman–Crippen LogP) is 4.23. The number of carbonyl (C=O) groups is 1. The molecular weight excluding hydrogens is 415 g/mol. The summed E-state index contributed by atoms with van der Waals surface area (Å²) in [6, 6.07) is 12.6. The van der Waals surface area contributed by atoms with Gasteiger partial charge in [-0.2, -0.15) is 13.2 Å². The fourth-order valence-corrected chi connectivity index (χ4v) is 4.08. The highest BCUT2D eigenvalue weighted by Crippen LogP contribution is 2.32. The third-order valence-electron chi connectivity index (χ3n) is 5.24. The molecular formula is C22H25ClF3N3O. The first-order chi connectivity index (χ1) is 14.3. The van der Waals surface area contributed by atoms with Crippen LogP contribution in [0.4, 0.5) is 13.2 Å². The standard InChI is InChI=1S/C22H25ClF3N3O/c1-2-27-21(30)20-11-18(14-29(20)13-15-6-5-8-17(23)10-15)28-12-16-7-3-4-9-19(16)22(24,25)26/h3-10,18,20,28H,2,11-14H2,1H3,(H,27,30)/t18-,20+/m1/s1. The summed E-state index contributed by atoms with van der Waals surface area (Å²) >= 11 is 6.07. The molecule has 2 aromatic carbocycles. The van der Waals surface area contributed by atoms with Gasteiger partial charge in [0.1, 0.15) is 0 Å². The Hall–Kier alpha value is -2.09. The molecule has 1 saturated heterocycles. The Kier molecular flexibility index (Phi) is 7.39. The molecule has 30 heavy (non-hydrogen) atoms. The molecule has 0 radical (unpaired) electrons. The van der Waals surface area contributed by atoms with Crippen LogP contribution in [0, 0.1) is 0 Å². The molecule has 2 aromatic rings. The van der Waals surface area contributed by atoms with Crippen molar-refractivity contribution in [2.75, 3.05) is 13.1 Å². The zero-order valence-corrected chi connectivity index (χ0v) is 17.4. The molecule has 2 atom stereocenters. The molecule has 0 unspecified atom stereocenters. The average Bonchev–Trinajstić information content (AvgIpc) is 3.09. The molecule has 1 fully saturated rings. The fourth-order valence-electron chi connectivity index (χ4n) is 3.87. The largest absolute Gasteiger partial charge is 0.416 e. The van der Waals surface area contributed by atoms with Crippen LogP contribution in [0.1, 0.15) is 30.0 Å². The Morgan fingerprint density at radius 1 is 1.20 bits per heavy atom. The monoisotopic (exact) mass is 439 g/mol. The minimum Gasteiger partial charge on any atom is -0.355 e. The molecule has 8 heteroatoms. The summed E-state index contributed by atoms with van der Waals surface area (Å²) in [5, 5.41) is 6.70. The highest BCUT2D eigenvalue weighted by Gasteiger charge is 2.37. The van der Waals surface area contributed by atoms with Crippen LogP contribution < -0.4 is 10.6 Å². The first-order valence-electron chi connectivity index (χ1n) is 9.92. The van der Waals surface area contributed by atoms with Crippen LogP contribution in [0.25, 0.3) is 0 Å². The molecule has 4 nitrogen and oxygen atoms in total. The summed E-state index contributed by atoms with van der Waals surface area (Å²) in [6.07, 6.45) is -3.86. The SMILES string of the molecule is CCNC(=O)[C@@H]1C[C@@H](NCc2ccccc2C(F)(F)F)CN1Cc1cccc(Cl)c1. The number of carbonyl (C=O) groups excluding carboxylic acids is 1. The molecule has 1 aliphatic rings. The minimum atomic E-state index is -4.39. The van der Waals surface area contributed by atoms with Crippen LogP contribution in [0.2, 0.25) is 5.02 Å². The quantitative estimate of drug-likeness (QED) is 0.678. The number of benzene rings is 2. The van der Waals surface area contributed by atoms with Gasteiger partial charge in [-0.15, -0.1) is 0 Å². The fraction of sp³-hybridized carbons (Fsp3) is 0.409. The van der Waals surface area contributed by atoms with Crippen molar-refractivity contribution in [3.05, 3.63) is 70.2 Å². The van der Waals surface area contributed by atoms with Gasteiger partial charge in [0.05, 0.1) is 11.6 Å². The van der Waals surface area contributed by atoms with Gasteiger partial charge in [0.2, 0.25) is 5.91 Å². The first kappa shape index (κ1) is 22.6. The van der Waals surface area contributed by atoms with Gasteiger partial charge in [-0.25, -0.2) is 0 Å². The van der Waals surface area contributed by atoms with Gasteiger partial charge in [-0.1, -0.05) is 41.9 Å². The highest BCUT2D eigenvalue weighted by molar-refractivity contribution is 6.30. The van der Waals surface area contributed by atoms with Gasteiger partial charge in [0.15, 0.2) is 0 Å². The maximum Gasteiger partial charge on any atom is 0.416 e. The Bertz CT molecular complexity index is 875. The van der Waals surface area contributed by atoms with Crippen LogP contribution >= 0.6 is 11.6 Å². The van der Waals surface area contributed by atoms with Crippen molar-refractivity contribution in [2.45, 2.75) is 44.7 Å². The minimum absolute atomic E-state index is 0.0699. The van der Waals surface area contributed by atoms with Gasteiger partial charge in [0.25, 0.3) is 0 Å². The number of halogens is 4. The smallest absolute Gasteiger partial charge is 0.355 e. The highest BCUT2D eigenvalue weighted by atomic mass is 35.5. The third kappa shape index (κ3) is 5.74. The number of nitrogens with zero attached hydrogens (tertiary/aromatic N) is 1. The molecule has 1 amide bonds. The zero-order chi connectivity index (χ0) is 21.7. The molecule has 0 spiro atoms. The van der Waals surface area contributed by atoms with Crippen molar-refractivity contribution >= 4 is 17.5 Å². The lowest BCUT2D eigenvalue weighted by molar-refractivity contribution is -0.138. The lowest BCUT2D eigenvalue weighted by Gasteiger charge is -2.23. The number of hydrogen-bond acceptors (Lipinski definition) is 3. The van der Waals surface area contributed by atoms with Crippen LogP contribution in [-0.4, -0.2) is 36.0 Å². The third-order valence-corrected chi connectivity index (χ3v) is 5.47. The lowest BCUT2D eigenvalue weighted by Crippen LogP contribution is -2.42. The summed E-state index contributed by atoms with van der Waals surface area (Å²) in [5.41, 5.74) is 0.555. The molecule has 0 aliphatic carbocycles. The van der Waals surface area contributed by atoms with E-state index in [2.05, 4.69) is 10.6 Å². The number of rotatable bonds is 7. The molecule has 2 N–H and O–H groups in total. The van der Waals surface area contributed by atoms with Crippen molar-refractivity contribution in [1.82, 2.24) is 15.5 Å². The Morgan fingerprint density at radius 2 is 1.97 bits per heavy atom. The van der Waals surface area contributed by atoms with Crippen molar-refractivity contribution in [1.29, 1.82) is 0 Å². The lowest BCUT2D eigenvalue weighted by atomic mass is 10.1. The van der Waals surface area contributed by atoms with E-state index < -0.39 is 11.7 Å². The van der Waals surface area contributed by atoms with E-state index in [4.69, 9.17) is 11.6 Å². The zero-order valence-electron chi connectivity index (χ0n) is 16.7. The Balaban J connectivity index is 1.70. The average molecular weight is 440 g/mol. The maximum absolute atomic E-state index is 13.2. The second-order valence-electron chi connectivity index (χ2n) is 7.44. The molecule has 0 bridgehead atoms. The molecule has 162 valence electrons. The van der Waals surface area contributed by atoms with E-state index in [1.807, 2.05) is 30.0 Å². The number of hydrogen-bond donors (Lipinski definition) is 2. The van der Waals surface area contributed by atoms with Gasteiger partial charge in [-0.05, 0) is 42.7 Å². The maximum atomic E-state index is 13.2. The molecule has 1 heterocycles. The summed E-state index contributed by atoms with van der Waals surface area (Å²) < 4.78 is 39.7. The molecule has 0 saturated carbocycles. The summed E-state index contributed by atoms with van der Waals surface area (Å²) in [6.45, 7) is 3.57. The number of alkyl halides is 3. The molecule has 3 rings (SSSR count). The van der Waals surface area contributed by atoms with Crippen molar-refractivity contribution in [3.63, 3.8) is 0 Å². The number of amides is 1. The molecule has 1 aliphatic heterocycles. The molecule has 0 aromatic heterocycles. The number of likely N-dealkylation sites (tertiary alicyclic amines) is 1. The predicted molar refractivity (Wildman–Crippen MR) is 111 cm³/mol. The van der Waals surface area contributed by atoms with Gasteiger partial charge in [0, 0.05) is 37.2 Å². The van der Waals surface area contributed by atoms with Crippen molar-refractivity contribution in [2.24, 2.45) is 0 Å². The summed E-state index contributed by atoms with van der Waals surface area (Å²) in [7, 11) is 0. The Morgan fingerprint density at radius 3 is 2.67 bits per heavy atom. The first-order valence-corrected chi connectivity index (χ1v) is 10.3. The Labute approximate surface area is 179 Å². The normalized spacial score (nSPS) is 19.8. The summed E-state index contributed by atoms with van der Waals surface area (Å²) in [5.74, 6) is -0.0699. The van der Waals surface area contributed by atoms with Gasteiger partial charge >= 0.3 is 6.18 Å². The van der Waals surface area contributed by atoms with Crippen LogP contribution in [0.15, 0.2) is 48.5 Å². The summed E-state index contributed by atoms with van der Waals surface area (Å²) in [4.78, 5) is 14.6. The van der Waals surface area contributed by atoms with E-state index in [0.29, 0.717) is 31.1 Å². The van der Waals surface area contributed by atoms with E-state index in [9.17, 15) is 18.0 Å². The van der Waals surface area contributed by atoms with E-state index in [1.54, 1.807) is 12.1 Å². The van der Waals surface area contributed by atoms with Crippen LogP contribution in [-0.2, 0) is 24.1 Å². The van der Waals surface area contributed by atoms with Crippen LogP contribution in [0.5, 0.6) is 0 Å². The van der Waals surface area contributed by atoms with Crippen molar-refractivity contribution in [3.8, 4) is 0 Å². The number of nitrogens with one attached hydrogen (secondary N) is 2. The van der Waals surface area contributed by atoms with Crippen LogP contribution in [0.3, 0.4) is 0 Å². The van der Waals surface area contributed by atoms with E-state index in [0.717, 1.165) is 11.6 Å². The second kappa shape index (κ2) is 9.81.